The fraction of sp³-hybridized carbons (Fsp3) is 0.111. The molecule has 0 fully saturated rings. The van der Waals surface area contributed by atoms with Crippen LogP contribution in [-0.2, 0) is 16.4 Å². The van der Waals surface area contributed by atoms with Crippen LogP contribution in [0.1, 0.15) is 11.1 Å². The molecule has 2 heterocycles. The van der Waals surface area contributed by atoms with Crippen LogP contribution in [0.5, 0.6) is 0 Å². The maximum Gasteiger partial charge on any atom is 0.264 e. The minimum atomic E-state index is -3.58. The Morgan fingerprint density at radius 3 is 2.61 bits per heavy atom. The van der Waals surface area contributed by atoms with Crippen molar-refractivity contribution in [1.82, 2.24) is 0 Å². The molecule has 1 aromatic heterocycles. The van der Waals surface area contributed by atoms with Gasteiger partial charge in [-0.1, -0.05) is 30.3 Å². The number of rotatable bonds is 1. The van der Waals surface area contributed by atoms with Gasteiger partial charge in [-0.25, -0.2) is 8.42 Å². The Labute approximate surface area is 135 Å². The lowest BCUT2D eigenvalue weighted by Crippen LogP contribution is -2.26. The highest BCUT2D eigenvalue weighted by atomic mass is 32.2. The topological polar surface area (TPSA) is 50.5 Å². The smallest absolute Gasteiger partial charge is 0.264 e. The minimum absolute atomic E-state index is 0.356. The van der Waals surface area contributed by atoms with E-state index >= 15 is 0 Å². The highest BCUT2D eigenvalue weighted by Crippen LogP contribution is 2.36. The van der Waals surface area contributed by atoms with E-state index in [-0.39, 0.29) is 0 Å². The molecule has 0 atom stereocenters. The Morgan fingerprint density at radius 1 is 1.00 bits per heavy atom. The van der Waals surface area contributed by atoms with Crippen LogP contribution in [0.3, 0.4) is 0 Å². The molecular formula is C18H15NO3S. The van der Waals surface area contributed by atoms with Crippen molar-refractivity contribution in [2.75, 3.05) is 11.4 Å². The van der Waals surface area contributed by atoms with Gasteiger partial charge in [0.05, 0.1) is 23.1 Å². The van der Waals surface area contributed by atoms with Crippen LogP contribution in [0.25, 0.3) is 11.1 Å². The van der Waals surface area contributed by atoms with Gasteiger partial charge < -0.3 is 4.42 Å². The zero-order chi connectivity index (χ0) is 16.0. The third-order valence-corrected chi connectivity index (χ3v) is 6.13. The predicted molar refractivity (Wildman–Crippen MR) is 89.0 cm³/mol. The standard InChI is InChI=1S/C18H15NO3S/c1-19-17-5-3-2-4-14(17)10-15-7-6-13(16-8-9-22-12-16)11-18(15)23(19,20)21/h2-9,11-12H,10H2,1H3. The van der Waals surface area contributed by atoms with Crippen molar-refractivity contribution in [3.05, 3.63) is 72.2 Å². The first-order valence-electron chi connectivity index (χ1n) is 7.30. The van der Waals surface area contributed by atoms with Gasteiger partial charge in [-0.05, 0) is 34.9 Å². The monoisotopic (exact) mass is 325 g/mol. The number of hydrogen-bond donors (Lipinski definition) is 0. The zero-order valence-corrected chi connectivity index (χ0v) is 13.4. The first-order valence-corrected chi connectivity index (χ1v) is 8.74. The summed E-state index contributed by atoms with van der Waals surface area (Å²) in [6.07, 6.45) is 3.79. The summed E-state index contributed by atoms with van der Waals surface area (Å²) in [6.45, 7) is 0. The van der Waals surface area contributed by atoms with Crippen molar-refractivity contribution in [2.24, 2.45) is 0 Å². The van der Waals surface area contributed by atoms with Crippen molar-refractivity contribution in [1.29, 1.82) is 0 Å². The summed E-state index contributed by atoms with van der Waals surface area (Å²) in [5.74, 6) is 0. The van der Waals surface area contributed by atoms with Crippen molar-refractivity contribution >= 4 is 15.7 Å². The number of para-hydroxylation sites is 1. The number of nitrogens with zero attached hydrogens (tertiary/aromatic N) is 1. The minimum Gasteiger partial charge on any atom is -0.472 e. The molecule has 5 heteroatoms. The first-order chi connectivity index (χ1) is 11.1. The Bertz CT molecular complexity index is 975. The van der Waals surface area contributed by atoms with Gasteiger partial charge in [0.1, 0.15) is 0 Å². The summed E-state index contributed by atoms with van der Waals surface area (Å²) in [5, 5.41) is 0. The van der Waals surface area contributed by atoms with E-state index < -0.39 is 10.0 Å². The van der Waals surface area contributed by atoms with Crippen LogP contribution in [0.2, 0.25) is 0 Å². The molecular weight excluding hydrogens is 310 g/mol. The molecule has 4 rings (SSSR count). The predicted octanol–water partition coefficient (Wildman–Crippen LogP) is 3.68. The summed E-state index contributed by atoms with van der Waals surface area (Å²) in [6, 6.07) is 15.0. The molecule has 0 unspecified atom stereocenters. The summed E-state index contributed by atoms with van der Waals surface area (Å²) in [4.78, 5) is 0.356. The van der Waals surface area contributed by atoms with Gasteiger partial charge in [0, 0.05) is 19.0 Å². The third kappa shape index (κ3) is 2.16. The Morgan fingerprint density at radius 2 is 1.83 bits per heavy atom. The van der Waals surface area contributed by atoms with Gasteiger partial charge in [0.2, 0.25) is 0 Å². The molecule has 0 radical (unpaired) electrons. The zero-order valence-electron chi connectivity index (χ0n) is 12.6. The molecule has 0 saturated carbocycles. The second-order valence-corrected chi connectivity index (χ2v) is 7.55. The number of anilines is 1. The van der Waals surface area contributed by atoms with Gasteiger partial charge in [-0.3, -0.25) is 4.31 Å². The summed E-state index contributed by atoms with van der Waals surface area (Å²) in [7, 11) is -1.98. The average Bonchev–Trinajstić information content (AvgIpc) is 3.07. The summed E-state index contributed by atoms with van der Waals surface area (Å²) in [5.41, 5.74) is 4.25. The van der Waals surface area contributed by atoms with Crippen LogP contribution < -0.4 is 4.31 Å². The molecule has 23 heavy (non-hydrogen) atoms. The molecule has 0 bridgehead atoms. The van der Waals surface area contributed by atoms with E-state index in [0.717, 1.165) is 27.9 Å². The second kappa shape index (κ2) is 4.99. The quantitative estimate of drug-likeness (QED) is 0.686. The van der Waals surface area contributed by atoms with Gasteiger partial charge >= 0.3 is 0 Å². The summed E-state index contributed by atoms with van der Waals surface area (Å²) < 4.78 is 32.5. The molecule has 0 spiro atoms. The highest BCUT2D eigenvalue weighted by molar-refractivity contribution is 7.92. The van der Waals surface area contributed by atoms with Gasteiger partial charge in [0.15, 0.2) is 0 Å². The fourth-order valence-electron chi connectivity index (χ4n) is 3.00. The van der Waals surface area contributed by atoms with Gasteiger partial charge in [-0.15, -0.1) is 0 Å². The average molecular weight is 325 g/mol. The lowest BCUT2D eigenvalue weighted by molar-refractivity contribution is 0.568. The SMILES string of the molecule is CN1c2ccccc2Cc2ccc(-c3ccoc3)cc2S1(=O)=O. The molecule has 0 aliphatic carbocycles. The van der Waals surface area contributed by atoms with Crippen LogP contribution in [0.4, 0.5) is 5.69 Å². The maximum atomic E-state index is 13.0. The van der Waals surface area contributed by atoms with Crippen molar-refractivity contribution in [3.63, 3.8) is 0 Å². The largest absolute Gasteiger partial charge is 0.472 e. The highest BCUT2D eigenvalue weighted by Gasteiger charge is 2.29. The van der Waals surface area contributed by atoms with E-state index in [2.05, 4.69) is 0 Å². The van der Waals surface area contributed by atoms with Crippen LogP contribution in [-0.4, -0.2) is 15.5 Å². The van der Waals surface area contributed by atoms with Crippen LogP contribution in [0, 0.1) is 0 Å². The molecule has 2 aromatic carbocycles. The molecule has 0 saturated heterocycles. The molecule has 4 nitrogen and oxygen atoms in total. The molecule has 116 valence electrons. The molecule has 0 amide bonds. The Balaban J connectivity index is 1.95. The molecule has 0 N–H and O–H groups in total. The van der Waals surface area contributed by atoms with Crippen LogP contribution in [0.15, 0.2) is 70.4 Å². The lowest BCUT2D eigenvalue weighted by atomic mass is 10.0. The van der Waals surface area contributed by atoms with Crippen molar-refractivity contribution in [3.8, 4) is 11.1 Å². The van der Waals surface area contributed by atoms with Gasteiger partial charge in [0.25, 0.3) is 10.0 Å². The number of benzene rings is 2. The van der Waals surface area contributed by atoms with E-state index in [1.165, 1.54) is 4.31 Å². The molecule has 1 aliphatic rings. The molecule has 3 aromatic rings. The normalized spacial score (nSPS) is 15.6. The van der Waals surface area contributed by atoms with Crippen molar-refractivity contribution < 1.29 is 12.8 Å². The van der Waals surface area contributed by atoms with Crippen molar-refractivity contribution in [2.45, 2.75) is 11.3 Å². The molecule has 1 aliphatic heterocycles. The van der Waals surface area contributed by atoms with E-state index in [9.17, 15) is 8.42 Å². The number of fused-ring (bicyclic) bond motifs is 2. The number of hydrogen-bond acceptors (Lipinski definition) is 3. The van der Waals surface area contributed by atoms with E-state index in [1.54, 1.807) is 25.6 Å². The van der Waals surface area contributed by atoms with E-state index in [0.29, 0.717) is 11.3 Å². The Hall–Kier alpha value is -2.53. The number of furan rings is 1. The second-order valence-electron chi connectivity index (χ2n) is 5.61. The van der Waals surface area contributed by atoms with Crippen LogP contribution >= 0.6 is 0 Å². The van der Waals surface area contributed by atoms with E-state index in [1.807, 2.05) is 42.5 Å². The lowest BCUT2D eigenvalue weighted by Gasteiger charge is -2.19. The fourth-order valence-corrected chi connectivity index (χ4v) is 4.48. The summed E-state index contributed by atoms with van der Waals surface area (Å²) >= 11 is 0. The third-order valence-electron chi connectivity index (χ3n) is 4.27. The van der Waals surface area contributed by atoms with Gasteiger partial charge in [-0.2, -0.15) is 0 Å². The maximum absolute atomic E-state index is 13.0. The number of sulfonamides is 1. The first kappa shape index (κ1) is 14.1. The van der Waals surface area contributed by atoms with E-state index in [4.69, 9.17) is 4.42 Å². The Kier molecular flexibility index (Phi) is 3.06.